The third kappa shape index (κ3) is 5.11. The summed E-state index contributed by atoms with van der Waals surface area (Å²) in [6.07, 6.45) is 7.53. The maximum Gasteiger partial charge on any atom is 0.329 e. The lowest BCUT2D eigenvalue weighted by molar-refractivity contribution is 0.0363. The Morgan fingerprint density at radius 1 is 0.912 bits per heavy atom. The highest BCUT2D eigenvalue weighted by Crippen LogP contribution is 2.35. The Morgan fingerprint density at radius 2 is 1.62 bits per heavy atom. The van der Waals surface area contributed by atoms with E-state index in [0.717, 1.165) is 87.7 Å². The number of hydrogen-bond acceptors (Lipinski definition) is 4. The largest absolute Gasteiger partial charge is 0.379 e. The van der Waals surface area contributed by atoms with Crippen LogP contribution in [0.5, 0.6) is 0 Å². The number of likely N-dealkylation sites (tertiary alicyclic amines) is 1. The fourth-order valence-electron chi connectivity index (χ4n) is 6.53. The number of aromatic nitrogens is 2. The van der Waals surface area contributed by atoms with Crippen molar-refractivity contribution in [3.05, 3.63) is 33.7 Å². The number of hydrogen-bond donors (Lipinski definition) is 0. The van der Waals surface area contributed by atoms with Crippen LogP contribution in [0.3, 0.4) is 0 Å². The third-order valence-corrected chi connectivity index (χ3v) is 8.97. The van der Waals surface area contributed by atoms with Gasteiger partial charge in [0.25, 0.3) is 0 Å². The molecule has 2 saturated heterocycles. The highest BCUT2D eigenvalue weighted by atomic mass is 35.5. The Morgan fingerprint density at radius 3 is 2.29 bits per heavy atom. The van der Waals surface area contributed by atoms with E-state index in [1.807, 2.05) is 22.8 Å². The fourth-order valence-corrected chi connectivity index (χ4v) is 6.70. The molecule has 0 bridgehead atoms. The zero-order valence-corrected chi connectivity index (χ0v) is 21.7. The number of ether oxygens (including phenoxy) is 1. The van der Waals surface area contributed by atoms with E-state index in [4.69, 9.17) is 16.3 Å². The first-order valence-corrected chi connectivity index (χ1v) is 13.8. The quantitative estimate of drug-likeness (QED) is 0.594. The van der Waals surface area contributed by atoms with Crippen LogP contribution in [0.2, 0.25) is 5.02 Å². The minimum absolute atomic E-state index is 0.126. The molecule has 3 fully saturated rings. The van der Waals surface area contributed by atoms with Crippen molar-refractivity contribution in [3.63, 3.8) is 0 Å². The van der Waals surface area contributed by atoms with Gasteiger partial charge in [0.2, 0.25) is 0 Å². The van der Waals surface area contributed by atoms with Gasteiger partial charge in [-0.05, 0) is 68.6 Å². The average Bonchev–Trinajstić information content (AvgIpc) is 3.13. The van der Waals surface area contributed by atoms with Crippen LogP contribution in [-0.2, 0) is 11.3 Å². The van der Waals surface area contributed by atoms with Gasteiger partial charge in [0.05, 0.1) is 24.2 Å². The molecule has 0 radical (unpaired) electrons. The predicted molar refractivity (Wildman–Crippen MR) is 139 cm³/mol. The zero-order valence-electron chi connectivity index (χ0n) is 20.9. The van der Waals surface area contributed by atoms with Crippen molar-refractivity contribution in [3.8, 4) is 0 Å². The van der Waals surface area contributed by atoms with Gasteiger partial charge in [-0.15, -0.1) is 0 Å². The fraction of sp³-hybridized carbons (Fsp3) is 0.741. The van der Waals surface area contributed by atoms with Crippen LogP contribution in [0.25, 0.3) is 11.0 Å². The van der Waals surface area contributed by atoms with E-state index in [0.29, 0.717) is 11.6 Å². The first kappa shape index (κ1) is 24.4. The molecule has 1 aliphatic carbocycles. The molecule has 188 valence electrons. The van der Waals surface area contributed by atoms with Crippen LogP contribution in [0.4, 0.5) is 0 Å². The summed E-state index contributed by atoms with van der Waals surface area (Å²) in [6.45, 7) is 11.9. The lowest BCUT2D eigenvalue weighted by Crippen LogP contribution is -2.45. The van der Waals surface area contributed by atoms with Crippen molar-refractivity contribution >= 4 is 22.6 Å². The third-order valence-electron chi connectivity index (χ3n) is 8.73. The standard InChI is InChI=1S/C27H41ClN4O2/c1-20(2)21-3-6-23(7-4-21)30-11-9-24(10-12-30)32-25-8-5-22(28)19-26(25)31(27(32)33)14-13-29-15-17-34-18-16-29/h5,8,19-21,23-24H,3-4,6-7,9-18H2,1-2H3/t21-,23+. The molecule has 0 spiro atoms. The minimum atomic E-state index is 0.126. The lowest BCUT2D eigenvalue weighted by atomic mass is 9.79. The molecule has 2 aliphatic heterocycles. The molecule has 1 aromatic heterocycles. The van der Waals surface area contributed by atoms with Crippen LogP contribution < -0.4 is 5.69 Å². The number of benzene rings is 1. The number of piperidine rings is 1. The normalized spacial score (nSPS) is 26.0. The highest BCUT2D eigenvalue weighted by Gasteiger charge is 2.31. The van der Waals surface area contributed by atoms with E-state index >= 15 is 0 Å². The molecule has 34 heavy (non-hydrogen) atoms. The van der Waals surface area contributed by atoms with Crippen molar-refractivity contribution in [1.29, 1.82) is 0 Å². The molecular formula is C27H41ClN4O2. The topological polar surface area (TPSA) is 42.6 Å². The maximum absolute atomic E-state index is 13.7. The van der Waals surface area contributed by atoms with Gasteiger partial charge in [-0.2, -0.15) is 0 Å². The summed E-state index contributed by atoms with van der Waals surface area (Å²) in [5.74, 6) is 1.72. The summed E-state index contributed by atoms with van der Waals surface area (Å²) in [5.41, 5.74) is 2.13. The van der Waals surface area contributed by atoms with Crippen LogP contribution in [0, 0.1) is 11.8 Å². The van der Waals surface area contributed by atoms with Gasteiger partial charge in [0.1, 0.15) is 0 Å². The van der Waals surface area contributed by atoms with Gasteiger partial charge in [0, 0.05) is 56.4 Å². The maximum atomic E-state index is 13.7. The van der Waals surface area contributed by atoms with E-state index < -0.39 is 0 Å². The van der Waals surface area contributed by atoms with Gasteiger partial charge in [-0.3, -0.25) is 14.0 Å². The second-order valence-corrected chi connectivity index (χ2v) is 11.4. The van der Waals surface area contributed by atoms with E-state index in [-0.39, 0.29) is 11.7 Å². The number of imidazole rings is 1. The SMILES string of the molecule is CC(C)[C@H]1CC[C@@H](N2CCC(n3c(=O)n(CCN4CCOCC4)c4cc(Cl)ccc43)CC2)CC1. The Hall–Kier alpha value is -1.34. The van der Waals surface area contributed by atoms with E-state index in [1.54, 1.807) is 0 Å². The van der Waals surface area contributed by atoms with Crippen molar-refractivity contribution in [2.75, 3.05) is 45.9 Å². The van der Waals surface area contributed by atoms with Gasteiger partial charge < -0.3 is 9.64 Å². The monoisotopic (exact) mass is 488 g/mol. The van der Waals surface area contributed by atoms with Gasteiger partial charge in [-0.25, -0.2) is 4.79 Å². The van der Waals surface area contributed by atoms with Crippen molar-refractivity contribution in [2.45, 2.75) is 71.0 Å². The van der Waals surface area contributed by atoms with E-state index in [2.05, 4.69) is 28.2 Å². The van der Waals surface area contributed by atoms with E-state index in [1.165, 1.54) is 25.7 Å². The molecule has 6 nitrogen and oxygen atoms in total. The lowest BCUT2D eigenvalue weighted by Gasteiger charge is -2.41. The molecule has 3 aliphatic rings. The van der Waals surface area contributed by atoms with Gasteiger partial charge in [0.15, 0.2) is 0 Å². The van der Waals surface area contributed by atoms with Crippen molar-refractivity contribution in [1.82, 2.24) is 18.9 Å². The van der Waals surface area contributed by atoms with Crippen molar-refractivity contribution < 1.29 is 4.74 Å². The van der Waals surface area contributed by atoms with Gasteiger partial charge in [-0.1, -0.05) is 25.4 Å². The second-order valence-electron chi connectivity index (χ2n) is 11.0. The Balaban J connectivity index is 1.29. The molecular weight excluding hydrogens is 448 g/mol. The summed E-state index contributed by atoms with van der Waals surface area (Å²) in [6, 6.07) is 6.94. The zero-order chi connectivity index (χ0) is 23.7. The molecule has 0 amide bonds. The minimum Gasteiger partial charge on any atom is -0.379 e. The first-order valence-electron chi connectivity index (χ1n) is 13.5. The van der Waals surface area contributed by atoms with Crippen LogP contribution in [-0.4, -0.2) is 70.9 Å². The Labute approximate surface area is 208 Å². The van der Waals surface area contributed by atoms with Gasteiger partial charge >= 0.3 is 5.69 Å². The smallest absolute Gasteiger partial charge is 0.329 e. The number of nitrogens with zero attached hydrogens (tertiary/aromatic N) is 4. The first-order chi connectivity index (χ1) is 16.5. The Bertz CT molecular complexity index is 1010. The molecule has 0 unspecified atom stereocenters. The molecule has 2 aromatic rings. The molecule has 3 heterocycles. The molecule has 1 aromatic carbocycles. The van der Waals surface area contributed by atoms with Crippen LogP contribution >= 0.6 is 11.6 Å². The summed E-state index contributed by atoms with van der Waals surface area (Å²) < 4.78 is 9.51. The average molecular weight is 489 g/mol. The number of morpholine rings is 1. The number of fused-ring (bicyclic) bond motifs is 1. The summed E-state index contributed by atoms with van der Waals surface area (Å²) in [4.78, 5) is 18.8. The van der Waals surface area contributed by atoms with Crippen LogP contribution in [0.1, 0.15) is 58.4 Å². The molecule has 1 saturated carbocycles. The molecule has 7 heteroatoms. The molecule has 0 N–H and O–H groups in total. The summed E-state index contributed by atoms with van der Waals surface area (Å²) in [7, 11) is 0. The van der Waals surface area contributed by atoms with Crippen LogP contribution in [0.15, 0.2) is 23.0 Å². The number of rotatable bonds is 6. The second kappa shape index (κ2) is 10.7. The molecule has 0 atom stereocenters. The Kier molecular flexibility index (Phi) is 7.69. The van der Waals surface area contributed by atoms with Crippen molar-refractivity contribution in [2.24, 2.45) is 11.8 Å². The van der Waals surface area contributed by atoms with E-state index in [9.17, 15) is 4.79 Å². The highest BCUT2D eigenvalue weighted by molar-refractivity contribution is 6.31. The number of halogens is 1. The summed E-state index contributed by atoms with van der Waals surface area (Å²) in [5, 5.41) is 0.691. The summed E-state index contributed by atoms with van der Waals surface area (Å²) >= 11 is 6.36. The molecule has 5 rings (SSSR count). The predicted octanol–water partition coefficient (Wildman–Crippen LogP) is 4.64.